The Hall–Kier alpha value is -1.92. The van der Waals surface area contributed by atoms with Crippen molar-refractivity contribution in [2.24, 2.45) is 5.10 Å². The maximum absolute atomic E-state index is 4.51. The number of rotatable bonds is 5. The van der Waals surface area contributed by atoms with Crippen LogP contribution in [0.15, 0.2) is 69.3 Å². The van der Waals surface area contributed by atoms with Gasteiger partial charge >= 0.3 is 0 Å². The molecule has 3 aromatic rings. The highest BCUT2D eigenvalue weighted by molar-refractivity contribution is 9.10. The summed E-state index contributed by atoms with van der Waals surface area (Å²) in [7, 11) is 0. The highest BCUT2D eigenvalue weighted by Crippen LogP contribution is 2.21. The molecule has 0 fully saturated rings. The third-order valence-electron chi connectivity index (χ3n) is 3.17. The lowest BCUT2D eigenvalue weighted by molar-refractivity contribution is 0.744. The van der Waals surface area contributed by atoms with Crippen molar-refractivity contribution in [3.63, 3.8) is 0 Å². The molecule has 0 atom stereocenters. The normalized spacial score (nSPS) is 11.2. The molecule has 3 rings (SSSR count). The van der Waals surface area contributed by atoms with E-state index in [0.717, 1.165) is 26.8 Å². The van der Waals surface area contributed by atoms with Crippen LogP contribution in [-0.4, -0.2) is 21.1 Å². The van der Waals surface area contributed by atoms with Crippen molar-refractivity contribution in [1.82, 2.24) is 14.9 Å². The molecule has 0 aliphatic carbocycles. The van der Waals surface area contributed by atoms with Crippen LogP contribution in [0.1, 0.15) is 17.0 Å². The van der Waals surface area contributed by atoms with E-state index in [1.807, 2.05) is 55.6 Å². The second kappa shape index (κ2) is 7.57. The van der Waals surface area contributed by atoms with E-state index in [4.69, 9.17) is 0 Å². The first-order valence-electron chi connectivity index (χ1n) is 7.11. The van der Waals surface area contributed by atoms with Crippen molar-refractivity contribution in [3.8, 4) is 0 Å². The van der Waals surface area contributed by atoms with Crippen LogP contribution < -0.4 is 0 Å². The van der Waals surface area contributed by atoms with Crippen LogP contribution >= 0.6 is 27.7 Å². The van der Waals surface area contributed by atoms with Crippen LogP contribution in [0.3, 0.4) is 0 Å². The summed E-state index contributed by atoms with van der Waals surface area (Å²) in [5.41, 5.74) is 2.28. The van der Waals surface area contributed by atoms with Crippen LogP contribution in [0.25, 0.3) is 0 Å². The summed E-state index contributed by atoms with van der Waals surface area (Å²) in [5, 5.41) is 13.6. The molecule has 0 spiro atoms. The Bertz CT molecular complexity index is 797. The Labute approximate surface area is 147 Å². The molecular formula is C17H15BrN4S. The van der Waals surface area contributed by atoms with Gasteiger partial charge in [-0.1, -0.05) is 70.2 Å². The van der Waals surface area contributed by atoms with E-state index in [1.165, 1.54) is 5.56 Å². The SMILES string of the molecule is Cc1nnc(SCc2ccccc2)n1/N=C\c1ccc(Br)cc1. The molecule has 1 heterocycles. The van der Waals surface area contributed by atoms with Gasteiger partial charge in [0.1, 0.15) is 0 Å². The second-order valence-corrected chi connectivity index (χ2v) is 6.77. The molecule has 0 saturated carbocycles. The first-order chi connectivity index (χ1) is 11.2. The Balaban J connectivity index is 1.74. The predicted molar refractivity (Wildman–Crippen MR) is 97.9 cm³/mol. The summed E-state index contributed by atoms with van der Waals surface area (Å²) in [4.78, 5) is 0. The maximum atomic E-state index is 4.51. The van der Waals surface area contributed by atoms with Gasteiger partial charge in [0.25, 0.3) is 0 Å². The van der Waals surface area contributed by atoms with Crippen LogP contribution in [0.2, 0.25) is 0 Å². The quantitative estimate of drug-likeness (QED) is 0.478. The number of halogens is 1. The first-order valence-corrected chi connectivity index (χ1v) is 8.89. The van der Waals surface area contributed by atoms with Crippen molar-refractivity contribution >= 4 is 33.9 Å². The van der Waals surface area contributed by atoms with Crippen molar-refractivity contribution in [1.29, 1.82) is 0 Å². The largest absolute Gasteiger partial charge is 0.212 e. The Morgan fingerprint density at radius 1 is 1.09 bits per heavy atom. The van der Waals surface area contributed by atoms with Crippen molar-refractivity contribution in [2.45, 2.75) is 17.8 Å². The lowest BCUT2D eigenvalue weighted by Gasteiger charge is -2.02. The highest BCUT2D eigenvalue weighted by Gasteiger charge is 2.08. The molecule has 1 aromatic heterocycles. The molecule has 6 heteroatoms. The molecule has 0 saturated heterocycles. The van der Waals surface area contributed by atoms with E-state index in [2.05, 4.69) is 43.4 Å². The number of hydrogen-bond acceptors (Lipinski definition) is 4. The zero-order valence-electron chi connectivity index (χ0n) is 12.6. The number of aryl methyl sites for hydroxylation is 1. The van der Waals surface area contributed by atoms with Crippen LogP contribution in [0.4, 0.5) is 0 Å². The molecule has 0 N–H and O–H groups in total. The fraction of sp³-hybridized carbons (Fsp3) is 0.118. The van der Waals surface area contributed by atoms with Gasteiger partial charge in [-0.15, -0.1) is 10.2 Å². The lowest BCUT2D eigenvalue weighted by atomic mass is 10.2. The minimum Gasteiger partial charge on any atom is -0.192 e. The second-order valence-electron chi connectivity index (χ2n) is 4.91. The third kappa shape index (κ3) is 4.30. The molecule has 116 valence electrons. The monoisotopic (exact) mass is 386 g/mol. The number of thioether (sulfide) groups is 1. The van der Waals surface area contributed by atoms with Gasteiger partial charge in [0.05, 0.1) is 6.21 Å². The van der Waals surface area contributed by atoms with Gasteiger partial charge < -0.3 is 0 Å². The van der Waals surface area contributed by atoms with Gasteiger partial charge in [0.2, 0.25) is 5.16 Å². The first kappa shape index (κ1) is 16.0. The van der Waals surface area contributed by atoms with Gasteiger partial charge in [0.15, 0.2) is 5.82 Å². The van der Waals surface area contributed by atoms with E-state index >= 15 is 0 Å². The number of nitrogens with zero attached hydrogens (tertiary/aromatic N) is 4. The number of hydrogen-bond donors (Lipinski definition) is 0. The number of aromatic nitrogens is 3. The van der Waals surface area contributed by atoms with Gasteiger partial charge in [0, 0.05) is 10.2 Å². The Morgan fingerprint density at radius 3 is 2.57 bits per heavy atom. The molecule has 0 radical (unpaired) electrons. The summed E-state index contributed by atoms with van der Waals surface area (Å²) in [6.45, 7) is 1.90. The van der Waals surface area contributed by atoms with Crippen molar-refractivity contribution in [2.75, 3.05) is 0 Å². The molecule has 0 aliphatic heterocycles. The van der Waals surface area contributed by atoms with E-state index in [1.54, 1.807) is 16.4 Å². The fourth-order valence-electron chi connectivity index (χ4n) is 1.96. The van der Waals surface area contributed by atoms with Gasteiger partial charge in [-0.25, -0.2) is 0 Å². The molecule has 23 heavy (non-hydrogen) atoms. The summed E-state index contributed by atoms with van der Waals surface area (Å²) in [6.07, 6.45) is 1.81. The molecule has 0 bridgehead atoms. The zero-order valence-corrected chi connectivity index (χ0v) is 15.0. The minimum atomic E-state index is 0.772. The summed E-state index contributed by atoms with van der Waals surface area (Å²) in [5.74, 6) is 1.61. The highest BCUT2D eigenvalue weighted by atomic mass is 79.9. The maximum Gasteiger partial charge on any atom is 0.212 e. The fourth-order valence-corrected chi connectivity index (χ4v) is 3.11. The summed E-state index contributed by atoms with van der Waals surface area (Å²) < 4.78 is 2.82. The molecule has 2 aromatic carbocycles. The summed E-state index contributed by atoms with van der Waals surface area (Å²) >= 11 is 5.05. The van der Waals surface area contributed by atoms with Crippen LogP contribution in [-0.2, 0) is 5.75 Å². The average molecular weight is 387 g/mol. The van der Waals surface area contributed by atoms with Crippen molar-refractivity contribution < 1.29 is 0 Å². The molecule has 4 nitrogen and oxygen atoms in total. The lowest BCUT2D eigenvalue weighted by Crippen LogP contribution is -1.96. The van der Waals surface area contributed by atoms with E-state index in [9.17, 15) is 0 Å². The van der Waals surface area contributed by atoms with Gasteiger partial charge in [-0.3, -0.25) is 0 Å². The zero-order chi connectivity index (χ0) is 16.1. The standard InChI is InChI=1S/C17H15BrN4S/c1-13-20-21-17(23-12-15-5-3-2-4-6-15)22(13)19-11-14-7-9-16(18)10-8-14/h2-11H,12H2,1H3/b19-11-. The van der Waals surface area contributed by atoms with Crippen LogP contribution in [0, 0.1) is 6.92 Å². The van der Waals surface area contributed by atoms with E-state index in [0.29, 0.717) is 0 Å². The molecule has 0 aliphatic rings. The molecule has 0 amide bonds. The summed E-state index contributed by atoms with van der Waals surface area (Å²) in [6, 6.07) is 18.3. The Morgan fingerprint density at radius 2 is 1.83 bits per heavy atom. The van der Waals surface area contributed by atoms with Crippen molar-refractivity contribution in [3.05, 3.63) is 76.0 Å². The minimum absolute atomic E-state index is 0.772. The van der Waals surface area contributed by atoms with Crippen LogP contribution in [0.5, 0.6) is 0 Å². The number of benzene rings is 2. The predicted octanol–water partition coefficient (Wildman–Crippen LogP) is 4.52. The smallest absolute Gasteiger partial charge is 0.192 e. The molecular weight excluding hydrogens is 372 g/mol. The Kier molecular flexibility index (Phi) is 5.25. The van der Waals surface area contributed by atoms with E-state index in [-0.39, 0.29) is 0 Å². The van der Waals surface area contributed by atoms with E-state index < -0.39 is 0 Å². The third-order valence-corrected chi connectivity index (χ3v) is 4.69. The average Bonchev–Trinajstić information content (AvgIpc) is 2.93. The topological polar surface area (TPSA) is 43.1 Å². The van der Waals surface area contributed by atoms with Gasteiger partial charge in [-0.2, -0.15) is 9.78 Å². The molecule has 0 unspecified atom stereocenters. The van der Waals surface area contributed by atoms with Gasteiger partial charge in [-0.05, 0) is 30.2 Å².